The largest absolute Gasteiger partial charge is 0.409 e. The molecule has 0 saturated heterocycles. The first-order valence-corrected chi connectivity index (χ1v) is 5.50. The molecule has 0 unspecified atom stereocenters. The summed E-state index contributed by atoms with van der Waals surface area (Å²) >= 11 is 0. The summed E-state index contributed by atoms with van der Waals surface area (Å²) in [7, 11) is 0. The molecule has 0 heterocycles. The van der Waals surface area contributed by atoms with Crippen LogP contribution in [0.2, 0.25) is 0 Å². The molecule has 0 fully saturated rings. The summed E-state index contributed by atoms with van der Waals surface area (Å²) in [5.74, 6) is -0.392. The number of nitrogens with two attached hydrogens (primary N) is 1. The van der Waals surface area contributed by atoms with Crippen molar-refractivity contribution in [1.82, 2.24) is 4.90 Å². The van der Waals surface area contributed by atoms with Crippen LogP contribution in [-0.4, -0.2) is 54.1 Å². The van der Waals surface area contributed by atoms with Gasteiger partial charge in [-0.05, 0) is 13.8 Å². The van der Waals surface area contributed by atoms with E-state index >= 15 is 0 Å². The molecule has 0 radical (unpaired) electrons. The Hall–Kier alpha value is -1.44. The van der Waals surface area contributed by atoms with E-state index in [9.17, 15) is 13.6 Å². The van der Waals surface area contributed by atoms with E-state index in [2.05, 4.69) is 9.89 Å². The third-order valence-electron chi connectivity index (χ3n) is 2.11. The van der Waals surface area contributed by atoms with Gasteiger partial charge >= 0.3 is 0 Å². The van der Waals surface area contributed by atoms with Crippen molar-refractivity contribution in [1.29, 1.82) is 0 Å². The molecule has 106 valence electrons. The van der Waals surface area contributed by atoms with Crippen LogP contribution >= 0.6 is 0 Å². The average Bonchev–Trinajstić information content (AvgIpc) is 2.30. The number of carbonyl (C=O) groups is 1. The lowest BCUT2D eigenvalue weighted by molar-refractivity contribution is -0.133. The second-order valence-electron chi connectivity index (χ2n) is 3.92. The summed E-state index contributed by atoms with van der Waals surface area (Å²) in [5.41, 5.74) is 5.32. The number of amidine groups is 1. The van der Waals surface area contributed by atoms with Crippen LogP contribution in [0.3, 0.4) is 0 Å². The van der Waals surface area contributed by atoms with Crippen molar-refractivity contribution in [3.05, 3.63) is 0 Å². The van der Waals surface area contributed by atoms with E-state index in [1.807, 2.05) is 0 Å². The van der Waals surface area contributed by atoms with Crippen molar-refractivity contribution in [3.8, 4) is 0 Å². The lowest BCUT2D eigenvalue weighted by Crippen LogP contribution is -2.43. The molecule has 0 rings (SSSR count). The molecule has 1 amide bonds. The van der Waals surface area contributed by atoms with Gasteiger partial charge < -0.3 is 20.6 Å². The molecule has 6 nitrogen and oxygen atoms in total. The zero-order valence-corrected chi connectivity index (χ0v) is 10.5. The molecule has 0 aliphatic carbocycles. The Labute approximate surface area is 104 Å². The maximum Gasteiger partial charge on any atom is 0.261 e. The maximum atomic E-state index is 11.8. The number of oxime groups is 1. The van der Waals surface area contributed by atoms with E-state index < -0.39 is 13.0 Å². The van der Waals surface area contributed by atoms with Crippen LogP contribution in [-0.2, 0) is 9.53 Å². The number of nitrogens with zero attached hydrogens (tertiary/aromatic N) is 2. The molecule has 18 heavy (non-hydrogen) atoms. The Morgan fingerprint density at radius 1 is 1.50 bits per heavy atom. The first-order chi connectivity index (χ1) is 8.38. The summed E-state index contributed by atoms with van der Waals surface area (Å²) in [5, 5.41) is 11.2. The zero-order chi connectivity index (χ0) is 14.1. The number of alkyl halides is 2. The predicted molar refractivity (Wildman–Crippen MR) is 61.7 cm³/mol. The molecule has 0 bridgehead atoms. The third-order valence-corrected chi connectivity index (χ3v) is 2.11. The van der Waals surface area contributed by atoms with Crippen molar-refractivity contribution < 1.29 is 23.5 Å². The van der Waals surface area contributed by atoms with Gasteiger partial charge in [0.15, 0.2) is 5.84 Å². The molecular weight excluding hydrogens is 248 g/mol. The fourth-order valence-electron chi connectivity index (χ4n) is 1.24. The van der Waals surface area contributed by atoms with Gasteiger partial charge in [-0.1, -0.05) is 5.16 Å². The lowest BCUT2D eigenvalue weighted by Gasteiger charge is -2.26. The molecule has 0 aliphatic heterocycles. The summed E-state index contributed by atoms with van der Waals surface area (Å²) in [6, 6.07) is -0.145. The molecule has 3 N–H and O–H groups in total. The highest BCUT2D eigenvalue weighted by atomic mass is 19.3. The fourth-order valence-corrected chi connectivity index (χ4v) is 1.24. The Balaban J connectivity index is 4.15. The fraction of sp³-hybridized carbons (Fsp3) is 0.800. The number of halogens is 2. The number of hydrogen-bond donors (Lipinski definition) is 2. The van der Waals surface area contributed by atoms with E-state index in [1.54, 1.807) is 13.8 Å². The number of hydrogen-bond acceptors (Lipinski definition) is 4. The highest BCUT2D eigenvalue weighted by molar-refractivity contribution is 5.87. The van der Waals surface area contributed by atoms with Crippen LogP contribution in [0.4, 0.5) is 8.78 Å². The summed E-state index contributed by atoms with van der Waals surface area (Å²) in [4.78, 5) is 13.1. The molecule has 0 atom stereocenters. The van der Waals surface area contributed by atoms with Gasteiger partial charge in [-0.25, -0.2) is 8.78 Å². The Morgan fingerprint density at radius 2 is 2.11 bits per heavy atom. The molecular formula is C10H19F2N3O3. The number of ether oxygens (including phenoxy) is 1. The minimum atomic E-state index is -2.54. The maximum absolute atomic E-state index is 11.8. The standard InChI is InChI=1S/C10H19F2N3O3/c1-7(2)15(5-9(13)14-17)10(16)3-4-18-6-8(11)12/h7-8,17H,3-6H2,1-2H3,(H2,13,14). The van der Waals surface area contributed by atoms with Gasteiger partial charge in [0.05, 0.1) is 19.6 Å². The highest BCUT2D eigenvalue weighted by Crippen LogP contribution is 2.02. The summed E-state index contributed by atoms with van der Waals surface area (Å²) in [6.07, 6.45) is -2.57. The van der Waals surface area contributed by atoms with E-state index in [0.717, 1.165) is 0 Å². The van der Waals surface area contributed by atoms with Crippen LogP contribution in [0.25, 0.3) is 0 Å². The molecule has 0 aromatic carbocycles. The average molecular weight is 267 g/mol. The van der Waals surface area contributed by atoms with Crippen LogP contribution in [0.15, 0.2) is 5.16 Å². The topological polar surface area (TPSA) is 88.1 Å². The van der Waals surface area contributed by atoms with E-state index in [4.69, 9.17) is 10.9 Å². The van der Waals surface area contributed by atoms with Gasteiger partial charge in [-0.2, -0.15) is 0 Å². The Bertz CT molecular complexity index is 286. The predicted octanol–water partition coefficient (Wildman–Crippen LogP) is 0.642. The van der Waals surface area contributed by atoms with Crippen LogP contribution in [0.1, 0.15) is 20.3 Å². The minimum Gasteiger partial charge on any atom is -0.409 e. The third kappa shape index (κ3) is 7.00. The quantitative estimate of drug-likeness (QED) is 0.222. The van der Waals surface area contributed by atoms with E-state index in [0.29, 0.717) is 0 Å². The number of rotatable bonds is 8. The van der Waals surface area contributed by atoms with Crippen LogP contribution in [0, 0.1) is 0 Å². The van der Waals surface area contributed by atoms with Crippen molar-refractivity contribution in [3.63, 3.8) is 0 Å². The van der Waals surface area contributed by atoms with Crippen molar-refractivity contribution in [2.45, 2.75) is 32.7 Å². The molecule has 0 aromatic rings. The van der Waals surface area contributed by atoms with Gasteiger partial charge in [0.2, 0.25) is 5.91 Å². The zero-order valence-electron chi connectivity index (χ0n) is 10.5. The van der Waals surface area contributed by atoms with E-state index in [-0.39, 0.29) is 37.4 Å². The van der Waals surface area contributed by atoms with Gasteiger partial charge in [0, 0.05) is 6.04 Å². The number of amides is 1. The first-order valence-electron chi connectivity index (χ1n) is 5.50. The number of carbonyl (C=O) groups excluding carboxylic acids is 1. The smallest absolute Gasteiger partial charge is 0.261 e. The van der Waals surface area contributed by atoms with Crippen LogP contribution in [0.5, 0.6) is 0 Å². The highest BCUT2D eigenvalue weighted by Gasteiger charge is 2.18. The van der Waals surface area contributed by atoms with Gasteiger partial charge in [-0.15, -0.1) is 0 Å². The van der Waals surface area contributed by atoms with Crippen molar-refractivity contribution in [2.24, 2.45) is 10.9 Å². The molecule has 0 aromatic heterocycles. The van der Waals surface area contributed by atoms with E-state index in [1.165, 1.54) is 4.90 Å². The normalized spacial score (nSPS) is 12.2. The second kappa shape index (κ2) is 8.62. The lowest BCUT2D eigenvalue weighted by atomic mass is 10.2. The molecule has 0 saturated carbocycles. The molecule has 0 spiro atoms. The van der Waals surface area contributed by atoms with Gasteiger partial charge in [-0.3, -0.25) is 4.79 Å². The van der Waals surface area contributed by atoms with Crippen molar-refractivity contribution in [2.75, 3.05) is 19.8 Å². The molecule has 8 heteroatoms. The van der Waals surface area contributed by atoms with Gasteiger partial charge in [0.1, 0.15) is 6.61 Å². The SMILES string of the molecule is CC(C)N(CC(N)=NO)C(=O)CCOCC(F)F. The Kier molecular flexibility index (Phi) is 7.93. The summed E-state index contributed by atoms with van der Waals surface area (Å²) < 4.78 is 28.2. The second-order valence-corrected chi connectivity index (χ2v) is 3.92. The minimum absolute atomic E-state index is 0.0121. The van der Waals surface area contributed by atoms with Crippen LogP contribution < -0.4 is 5.73 Å². The molecule has 0 aliphatic rings. The monoisotopic (exact) mass is 267 g/mol. The first kappa shape index (κ1) is 16.6. The van der Waals surface area contributed by atoms with Gasteiger partial charge in [0.25, 0.3) is 6.43 Å². The Morgan fingerprint density at radius 3 is 2.56 bits per heavy atom. The van der Waals surface area contributed by atoms with Crippen molar-refractivity contribution >= 4 is 11.7 Å². The summed E-state index contributed by atoms with van der Waals surface area (Å²) in [6.45, 7) is 2.75.